The molecular weight excluding hydrogens is 931 g/mol. The van der Waals surface area contributed by atoms with Gasteiger partial charge in [0.1, 0.15) is 18.0 Å². The second-order valence-electron chi connectivity index (χ2n) is 22.9. The summed E-state index contributed by atoms with van der Waals surface area (Å²) in [4.78, 5) is 38.9. The van der Waals surface area contributed by atoms with Crippen LogP contribution in [0.3, 0.4) is 0 Å². The van der Waals surface area contributed by atoms with Crippen molar-refractivity contribution in [1.29, 1.82) is 0 Å². The van der Waals surface area contributed by atoms with Crippen LogP contribution in [-0.2, 0) is 10.0 Å². The number of piperidine rings is 1. The molecule has 2 atom stereocenters. The molecule has 3 aliphatic heterocycles. The predicted octanol–water partition coefficient (Wildman–Crippen LogP) is 11.7. The summed E-state index contributed by atoms with van der Waals surface area (Å²) in [5, 5.41) is 16.7. The van der Waals surface area contributed by atoms with Gasteiger partial charge < -0.3 is 29.4 Å². The number of hydrogen-bond donors (Lipinski definition) is 3. The van der Waals surface area contributed by atoms with Gasteiger partial charge in [-0.2, -0.15) is 4.98 Å². The Kier molecular flexibility index (Phi) is 12.9. The molecule has 3 aliphatic carbocycles. The first-order chi connectivity index (χ1) is 34.6. The molecule has 5 heterocycles. The molecule has 2 aromatic heterocycles. The summed E-state index contributed by atoms with van der Waals surface area (Å²) in [5.41, 5.74) is 4.62. The number of aromatic nitrogens is 2. The Balaban J connectivity index is 0.838. The van der Waals surface area contributed by atoms with Crippen LogP contribution >= 0.6 is 0 Å². The number of carbonyl (C=O) groups is 1. The number of nitrogens with zero attached hydrogens (tertiary/aromatic N) is 4. The number of fused-ring (bicyclic) bond motifs is 2. The van der Waals surface area contributed by atoms with Gasteiger partial charge in [-0.1, -0.05) is 58.4 Å². The number of pyridine rings is 1. The number of ether oxygens (including phenoxy) is 3. The van der Waals surface area contributed by atoms with Gasteiger partial charge in [0.2, 0.25) is 0 Å². The minimum Gasteiger partial charge on any atom is -0.489 e. The maximum atomic E-state index is 14.4. The molecule has 11 rings (SSSR count). The maximum Gasteiger partial charge on any atom is 0.297 e. The number of sulfonamides is 1. The summed E-state index contributed by atoms with van der Waals surface area (Å²) < 4.78 is 49.7. The fraction of sp³-hybridized carbons (Fsp3) is 0.536. The van der Waals surface area contributed by atoms with Crippen molar-refractivity contribution in [2.24, 2.45) is 22.7 Å². The van der Waals surface area contributed by atoms with Crippen LogP contribution in [0.5, 0.6) is 23.1 Å². The summed E-state index contributed by atoms with van der Waals surface area (Å²) in [6.07, 6.45) is 16.0. The van der Waals surface area contributed by atoms with Gasteiger partial charge in [0, 0.05) is 60.6 Å². The lowest BCUT2D eigenvalue weighted by Gasteiger charge is -2.56. The number of hydrogen-bond acceptors (Lipinski definition) is 12. The molecular formula is C56H69N7O8S. The minimum absolute atomic E-state index is 0.0418. The van der Waals surface area contributed by atoms with E-state index >= 15 is 0 Å². The highest BCUT2D eigenvalue weighted by atomic mass is 32.2. The van der Waals surface area contributed by atoms with Crippen LogP contribution in [0.2, 0.25) is 0 Å². The van der Waals surface area contributed by atoms with Crippen molar-refractivity contribution in [2.45, 2.75) is 140 Å². The molecule has 5 aromatic rings. The molecule has 1 spiro atoms. The van der Waals surface area contributed by atoms with Gasteiger partial charge in [-0.3, -0.25) is 19.8 Å². The quantitative estimate of drug-likeness (QED) is 0.0708. The molecule has 3 saturated carbocycles. The van der Waals surface area contributed by atoms with E-state index in [1.807, 2.05) is 18.2 Å². The predicted molar refractivity (Wildman–Crippen MR) is 278 cm³/mol. The molecule has 16 heteroatoms. The molecule has 0 unspecified atom stereocenters. The highest BCUT2D eigenvalue weighted by molar-refractivity contribution is 7.90. The Bertz CT molecular complexity index is 2960. The van der Waals surface area contributed by atoms with Crippen LogP contribution in [0.4, 0.5) is 17.1 Å². The SMILES string of the molecule is CC(C)c1ccccc1[C@H]1CCCN1C1CC2(CCN(c3ccc(C(=O)NS(=O)(=O)c4cc5c(c([N+](=O)[O-])c4)N[C@@H](C4CCC(C)(C)CC4)CO5)c(Oc4cc5cc[nH]c5nc4OCC4CCC4)c3)CC2)C1. The van der Waals surface area contributed by atoms with E-state index in [1.165, 1.54) is 42.9 Å². The van der Waals surface area contributed by atoms with E-state index in [9.17, 15) is 23.3 Å². The molecule has 5 fully saturated rings. The normalized spacial score (nSPS) is 22.4. The lowest BCUT2D eigenvalue weighted by atomic mass is 9.59. The Morgan fingerprint density at radius 1 is 0.944 bits per heavy atom. The molecule has 6 aliphatic rings. The van der Waals surface area contributed by atoms with E-state index in [0.717, 1.165) is 94.6 Å². The van der Waals surface area contributed by atoms with Gasteiger partial charge in [0.15, 0.2) is 17.2 Å². The fourth-order valence-electron chi connectivity index (χ4n) is 12.7. The average molecular weight is 1000 g/mol. The molecule has 382 valence electrons. The summed E-state index contributed by atoms with van der Waals surface area (Å²) in [7, 11) is -4.68. The topological polar surface area (TPSA) is 181 Å². The van der Waals surface area contributed by atoms with Crippen LogP contribution < -0.4 is 29.1 Å². The number of nitrogens with one attached hydrogen (secondary N) is 3. The number of likely N-dealkylation sites (tertiary alicyclic amines) is 1. The fourth-order valence-corrected chi connectivity index (χ4v) is 13.7. The monoisotopic (exact) mass is 999 g/mol. The third-order valence-electron chi connectivity index (χ3n) is 17.3. The lowest BCUT2D eigenvalue weighted by Crippen LogP contribution is -2.54. The van der Waals surface area contributed by atoms with Crippen molar-refractivity contribution in [3.63, 3.8) is 0 Å². The van der Waals surface area contributed by atoms with E-state index in [0.29, 0.717) is 36.2 Å². The summed E-state index contributed by atoms with van der Waals surface area (Å²) >= 11 is 0. The van der Waals surface area contributed by atoms with Crippen molar-refractivity contribution in [3.8, 4) is 23.1 Å². The Morgan fingerprint density at radius 3 is 2.46 bits per heavy atom. The highest BCUT2D eigenvalue weighted by Crippen LogP contribution is 2.55. The number of nitro benzene ring substituents is 1. The Morgan fingerprint density at radius 2 is 1.72 bits per heavy atom. The standard InChI is InChI=1S/C56H69N7O8S/c1-35(2)42-11-5-6-12-43(42)46-13-8-24-62(46)40-31-56(32-40)21-25-61(26-22-56)39-14-15-44(48(28-39)71-50-27-38-18-23-57-52(38)59-54(50)70-33-36-9-7-10-36)53(64)60-72(67,68)41-29-47(63(65)66)51-49(30-41)69-34-45(58-51)37-16-19-55(3,4)20-17-37/h5-6,11-12,14-15,18,23,27-30,35-37,40,45-46,58H,7-10,13,16-17,19-22,24-26,31-34H2,1-4H3,(H,57,59)(H,60,64)/t45-,46-/m1/s1. The van der Waals surface area contributed by atoms with Gasteiger partial charge >= 0.3 is 0 Å². The maximum absolute atomic E-state index is 14.4. The molecule has 2 saturated heterocycles. The van der Waals surface area contributed by atoms with E-state index in [1.54, 1.807) is 18.3 Å². The Labute approximate surface area is 423 Å². The van der Waals surface area contributed by atoms with Gasteiger partial charge in [0.25, 0.3) is 27.5 Å². The number of anilines is 2. The zero-order chi connectivity index (χ0) is 49.9. The van der Waals surface area contributed by atoms with Crippen LogP contribution in [0.1, 0.15) is 145 Å². The zero-order valence-corrected chi connectivity index (χ0v) is 42.9. The first-order valence-electron chi connectivity index (χ1n) is 26.4. The number of benzene rings is 3. The average Bonchev–Trinajstić information content (AvgIpc) is 4.02. The van der Waals surface area contributed by atoms with Crippen molar-refractivity contribution in [1.82, 2.24) is 19.6 Å². The van der Waals surface area contributed by atoms with Crippen LogP contribution in [0, 0.1) is 32.8 Å². The molecule has 15 nitrogen and oxygen atoms in total. The number of aromatic amines is 1. The lowest BCUT2D eigenvalue weighted by molar-refractivity contribution is -0.384. The molecule has 1 amide bonds. The van der Waals surface area contributed by atoms with E-state index in [-0.39, 0.29) is 63.8 Å². The van der Waals surface area contributed by atoms with E-state index in [2.05, 4.69) is 76.8 Å². The number of rotatable bonds is 14. The molecule has 3 aromatic carbocycles. The summed E-state index contributed by atoms with van der Waals surface area (Å²) in [6.45, 7) is 12.6. The smallest absolute Gasteiger partial charge is 0.297 e. The Hall–Kier alpha value is -5.87. The van der Waals surface area contributed by atoms with Gasteiger partial charge in [0.05, 0.1) is 28.0 Å². The third-order valence-corrected chi connectivity index (χ3v) is 18.6. The van der Waals surface area contributed by atoms with Crippen LogP contribution in [0.25, 0.3) is 11.0 Å². The first kappa shape index (κ1) is 48.4. The second-order valence-corrected chi connectivity index (χ2v) is 24.6. The van der Waals surface area contributed by atoms with E-state index < -0.39 is 31.4 Å². The second kappa shape index (κ2) is 19.2. The third kappa shape index (κ3) is 9.60. The van der Waals surface area contributed by atoms with Crippen LogP contribution in [0.15, 0.2) is 77.8 Å². The summed E-state index contributed by atoms with van der Waals surface area (Å²) in [6, 6.07) is 21.1. The number of H-pyrrole nitrogens is 1. The van der Waals surface area contributed by atoms with Gasteiger partial charge in [-0.05, 0) is 148 Å². The minimum atomic E-state index is -4.68. The van der Waals surface area contributed by atoms with Crippen molar-refractivity contribution in [3.05, 3.63) is 99.7 Å². The first-order valence-corrected chi connectivity index (χ1v) is 27.9. The van der Waals surface area contributed by atoms with Gasteiger partial charge in [-0.25, -0.2) is 13.1 Å². The van der Waals surface area contributed by atoms with Crippen LogP contribution in [-0.4, -0.2) is 79.0 Å². The van der Waals surface area contributed by atoms with E-state index in [4.69, 9.17) is 19.2 Å². The van der Waals surface area contributed by atoms with Gasteiger partial charge in [-0.15, -0.1) is 0 Å². The molecule has 0 bridgehead atoms. The molecule has 72 heavy (non-hydrogen) atoms. The largest absolute Gasteiger partial charge is 0.489 e. The molecule has 0 radical (unpaired) electrons. The van der Waals surface area contributed by atoms with Crippen molar-refractivity contribution in [2.75, 3.05) is 43.1 Å². The number of amides is 1. The van der Waals surface area contributed by atoms with Crippen molar-refractivity contribution < 1.29 is 32.3 Å². The summed E-state index contributed by atoms with van der Waals surface area (Å²) in [5.74, 6) is 0.919. The number of carbonyl (C=O) groups excluding carboxylic acids is 1. The zero-order valence-electron chi connectivity index (χ0n) is 42.1. The van der Waals surface area contributed by atoms with Crippen molar-refractivity contribution >= 4 is 44.0 Å². The highest BCUT2D eigenvalue weighted by Gasteiger charge is 2.50. The molecule has 3 N–H and O–H groups in total. The number of nitro groups is 1.